The fraction of sp³-hybridized carbons (Fsp3) is 0.529. The monoisotopic (exact) mass is 457 g/mol. The highest BCUT2D eigenvalue weighted by Gasteiger charge is 2.66. The van der Waals surface area contributed by atoms with Crippen LogP contribution in [0.25, 0.3) is 0 Å². The van der Waals surface area contributed by atoms with Gasteiger partial charge in [0.1, 0.15) is 11.5 Å². The third-order valence-corrected chi connectivity index (χ3v) is 8.82. The molecule has 1 heterocycles. The Balaban J connectivity index is 1.77. The molecule has 0 N–H and O–H groups in total. The predicted molar refractivity (Wildman–Crippen MR) is 96.0 cm³/mol. The molecule has 2 saturated carbocycles. The molecule has 7 heteroatoms. The third kappa shape index (κ3) is 2.03. The van der Waals surface area contributed by atoms with Crippen LogP contribution < -0.4 is 14.4 Å². The Kier molecular flexibility index (Phi) is 3.91. The first-order chi connectivity index (χ1) is 11.5. The number of anilines is 1. The molecule has 3 aliphatic rings. The van der Waals surface area contributed by atoms with Gasteiger partial charge in [0.25, 0.3) is 0 Å². The van der Waals surface area contributed by atoms with E-state index in [1.807, 2.05) is 0 Å². The number of hydrogen-bond donors (Lipinski definition) is 0. The van der Waals surface area contributed by atoms with E-state index in [1.165, 1.54) is 12.0 Å². The van der Waals surface area contributed by atoms with Crippen molar-refractivity contribution >= 4 is 49.4 Å². The first kappa shape index (κ1) is 16.4. The Bertz CT molecular complexity index is 693. The van der Waals surface area contributed by atoms with Gasteiger partial charge in [-0.2, -0.15) is 0 Å². The average molecular weight is 459 g/mol. The van der Waals surface area contributed by atoms with Gasteiger partial charge in [-0.05, 0) is 30.4 Å². The standard InChI is InChI=1S/C17H17Br2NO4/c1-23-7-3-4-11(24-2)10(5-7)20-16(21)12-8-6-9(13(12)17(20)22)15(19)14(8)18/h3-5,8-9,12-15H,6H2,1-2H3/t8-,9-,12-,13-,14-,15+/m0/s1. The highest BCUT2D eigenvalue weighted by molar-refractivity contribution is 9.12. The SMILES string of the molecule is COc1ccc(OC)c(N2C(=O)[C@H]3[C@@H]4C[C@H]([C@@H](Br)[C@H]4Br)[C@@H]3C2=O)c1. The highest BCUT2D eigenvalue weighted by Crippen LogP contribution is 2.61. The molecule has 0 aromatic heterocycles. The summed E-state index contributed by atoms with van der Waals surface area (Å²) in [5.74, 6) is 0.762. The van der Waals surface area contributed by atoms with Crippen molar-refractivity contribution in [2.24, 2.45) is 23.7 Å². The Morgan fingerprint density at radius 2 is 1.58 bits per heavy atom. The summed E-state index contributed by atoms with van der Waals surface area (Å²) in [6.45, 7) is 0. The van der Waals surface area contributed by atoms with Crippen LogP contribution in [0.4, 0.5) is 5.69 Å². The zero-order chi connectivity index (χ0) is 17.2. The molecule has 2 aliphatic carbocycles. The van der Waals surface area contributed by atoms with Crippen molar-refractivity contribution in [2.75, 3.05) is 19.1 Å². The highest BCUT2D eigenvalue weighted by atomic mass is 79.9. The molecule has 24 heavy (non-hydrogen) atoms. The summed E-state index contributed by atoms with van der Waals surface area (Å²) in [5, 5.41) is 0. The topological polar surface area (TPSA) is 55.8 Å². The molecule has 2 amide bonds. The average Bonchev–Trinajstić information content (AvgIpc) is 3.19. The lowest BCUT2D eigenvalue weighted by Crippen LogP contribution is -2.37. The molecular weight excluding hydrogens is 442 g/mol. The molecule has 0 radical (unpaired) electrons. The molecule has 1 aromatic rings. The van der Waals surface area contributed by atoms with Gasteiger partial charge in [0, 0.05) is 15.7 Å². The Morgan fingerprint density at radius 1 is 1.00 bits per heavy atom. The van der Waals surface area contributed by atoms with Crippen molar-refractivity contribution in [2.45, 2.75) is 16.1 Å². The number of ether oxygens (including phenoxy) is 2. The molecule has 1 aliphatic heterocycles. The summed E-state index contributed by atoms with van der Waals surface area (Å²) in [5.41, 5.74) is 0.470. The molecule has 0 spiro atoms. The van der Waals surface area contributed by atoms with Crippen LogP contribution in [-0.4, -0.2) is 35.7 Å². The summed E-state index contributed by atoms with van der Waals surface area (Å²) in [6, 6.07) is 5.16. The lowest BCUT2D eigenvalue weighted by atomic mass is 9.81. The van der Waals surface area contributed by atoms with Gasteiger partial charge >= 0.3 is 0 Å². The zero-order valence-corrected chi connectivity index (χ0v) is 16.4. The predicted octanol–water partition coefficient (Wildman–Crippen LogP) is 2.99. The maximum Gasteiger partial charge on any atom is 0.238 e. The molecule has 0 unspecified atom stereocenters. The Morgan fingerprint density at radius 3 is 2.08 bits per heavy atom. The molecule has 4 rings (SSSR count). The van der Waals surface area contributed by atoms with Crippen LogP contribution in [0.15, 0.2) is 18.2 Å². The summed E-state index contributed by atoms with van der Waals surface area (Å²) < 4.78 is 10.6. The number of rotatable bonds is 3. The normalized spacial score (nSPS) is 37.1. The molecule has 128 valence electrons. The molecular formula is C17H17Br2NO4. The van der Waals surface area contributed by atoms with E-state index in [1.54, 1.807) is 25.3 Å². The van der Waals surface area contributed by atoms with Gasteiger partial charge in [-0.25, -0.2) is 4.90 Å². The molecule has 2 bridgehead atoms. The molecule has 5 nitrogen and oxygen atoms in total. The molecule has 1 saturated heterocycles. The van der Waals surface area contributed by atoms with Gasteiger partial charge in [0.05, 0.1) is 31.7 Å². The number of hydrogen-bond acceptors (Lipinski definition) is 4. The van der Waals surface area contributed by atoms with Crippen LogP contribution in [0.1, 0.15) is 6.42 Å². The Labute approximate surface area is 156 Å². The second-order valence-corrected chi connectivity index (χ2v) is 8.67. The van der Waals surface area contributed by atoms with E-state index in [0.29, 0.717) is 17.2 Å². The van der Waals surface area contributed by atoms with Crippen molar-refractivity contribution in [3.05, 3.63) is 18.2 Å². The number of amides is 2. The van der Waals surface area contributed by atoms with Crippen molar-refractivity contribution in [3.8, 4) is 11.5 Å². The van der Waals surface area contributed by atoms with E-state index in [0.717, 1.165) is 6.42 Å². The number of nitrogens with zero attached hydrogens (tertiary/aromatic N) is 1. The largest absolute Gasteiger partial charge is 0.497 e. The van der Waals surface area contributed by atoms with Crippen LogP contribution in [0.3, 0.4) is 0 Å². The molecule has 3 fully saturated rings. The number of carbonyl (C=O) groups excluding carboxylic acids is 2. The van der Waals surface area contributed by atoms with Gasteiger partial charge in [-0.3, -0.25) is 9.59 Å². The number of alkyl halides is 2. The minimum atomic E-state index is -0.239. The molecule has 1 aromatic carbocycles. The van der Waals surface area contributed by atoms with E-state index in [9.17, 15) is 9.59 Å². The summed E-state index contributed by atoms with van der Waals surface area (Å²) in [7, 11) is 3.09. The first-order valence-electron chi connectivity index (χ1n) is 7.87. The lowest BCUT2D eigenvalue weighted by Gasteiger charge is -2.28. The number of carbonyl (C=O) groups is 2. The fourth-order valence-electron chi connectivity index (χ4n) is 4.56. The van der Waals surface area contributed by atoms with Crippen LogP contribution in [0.2, 0.25) is 0 Å². The van der Waals surface area contributed by atoms with Crippen molar-refractivity contribution in [3.63, 3.8) is 0 Å². The fourth-order valence-corrected chi connectivity index (χ4v) is 6.43. The van der Waals surface area contributed by atoms with Crippen molar-refractivity contribution < 1.29 is 19.1 Å². The van der Waals surface area contributed by atoms with Gasteiger partial charge in [-0.1, -0.05) is 31.9 Å². The number of imide groups is 1. The smallest absolute Gasteiger partial charge is 0.238 e. The number of benzene rings is 1. The second kappa shape index (κ2) is 5.73. The van der Waals surface area contributed by atoms with Gasteiger partial charge in [0.2, 0.25) is 11.8 Å². The van der Waals surface area contributed by atoms with E-state index in [2.05, 4.69) is 31.9 Å². The van der Waals surface area contributed by atoms with E-state index in [-0.39, 0.29) is 45.1 Å². The van der Waals surface area contributed by atoms with Crippen LogP contribution in [0, 0.1) is 23.7 Å². The summed E-state index contributed by atoms with van der Waals surface area (Å²) in [6.07, 6.45) is 0.918. The third-order valence-electron chi connectivity index (χ3n) is 5.61. The van der Waals surface area contributed by atoms with Crippen LogP contribution >= 0.6 is 31.9 Å². The summed E-state index contributed by atoms with van der Waals surface area (Å²) in [4.78, 5) is 27.9. The van der Waals surface area contributed by atoms with E-state index >= 15 is 0 Å². The minimum absolute atomic E-state index is 0.118. The van der Waals surface area contributed by atoms with Crippen LogP contribution in [-0.2, 0) is 9.59 Å². The maximum atomic E-state index is 13.1. The first-order valence-corrected chi connectivity index (χ1v) is 9.70. The maximum absolute atomic E-state index is 13.1. The van der Waals surface area contributed by atoms with Crippen molar-refractivity contribution in [1.29, 1.82) is 0 Å². The second-order valence-electron chi connectivity index (χ2n) is 6.55. The van der Waals surface area contributed by atoms with E-state index in [4.69, 9.17) is 9.47 Å². The van der Waals surface area contributed by atoms with Gasteiger partial charge in [-0.15, -0.1) is 0 Å². The number of methoxy groups -OCH3 is 2. The Hall–Kier alpha value is -1.08. The number of halogens is 2. The summed E-state index contributed by atoms with van der Waals surface area (Å²) >= 11 is 7.40. The van der Waals surface area contributed by atoms with Crippen LogP contribution in [0.5, 0.6) is 11.5 Å². The minimum Gasteiger partial charge on any atom is -0.497 e. The molecule has 6 atom stereocenters. The van der Waals surface area contributed by atoms with Gasteiger partial charge < -0.3 is 9.47 Å². The van der Waals surface area contributed by atoms with E-state index < -0.39 is 0 Å². The van der Waals surface area contributed by atoms with Crippen molar-refractivity contribution in [1.82, 2.24) is 0 Å². The zero-order valence-electron chi connectivity index (χ0n) is 13.2. The number of fused-ring (bicyclic) bond motifs is 5. The van der Waals surface area contributed by atoms with Gasteiger partial charge in [0.15, 0.2) is 0 Å². The quantitative estimate of drug-likeness (QED) is 0.516. The lowest BCUT2D eigenvalue weighted by molar-refractivity contribution is -0.123.